The second-order valence-corrected chi connectivity index (χ2v) is 10.6. The molecule has 0 heterocycles. The molecule has 0 saturated heterocycles. The Hall–Kier alpha value is -3.61. The van der Waals surface area contributed by atoms with Gasteiger partial charge in [-0.3, -0.25) is 4.79 Å². The topological polar surface area (TPSA) is 90.9 Å². The van der Waals surface area contributed by atoms with Crippen molar-refractivity contribution in [3.63, 3.8) is 0 Å². The maximum Gasteiger partial charge on any atom is 0.408 e. The molecule has 7 nitrogen and oxygen atoms in total. The number of nitrogens with one attached hydrogen (secondary N) is 1. The third-order valence-electron chi connectivity index (χ3n) is 6.86. The van der Waals surface area contributed by atoms with Gasteiger partial charge in [0, 0.05) is 0 Å². The number of ether oxygens (including phenoxy) is 3. The normalized spacial score (nSPS) is 17.2. The molecule has 3 atom stereocenters. The molecule has 0 bridgehead atoms. The van der Waals surface area contributed by atoms with Crippen molar-refractivity contribution in [1.29, 1.82) is 0 Å². The zero-order valence-corrected chi connectivity index (χ0v) is 23.5. The molecule has 0 saturated carbocycles. The van der Waals surface area contributed by atoms with Crippen LogP contribution in [0.5, 0.6) is 0 Å². The van der Waals surface area contributed by atoms with E-state index in [1.54, 1.807) is 13.8 Å². The lowest BCUT2D eigenvalue weighted by molar-refractivity contribution is -0.159. The molecule has 0 radical (unpaired) electrons. The fraction of sp³-hybridized carbons (Fsp3) is 0.469. The van der Waals surface area contributed by atoms with Gasteiger partial charge in [-0.05, 0) is 63.0 Å². The molecule has 2 aliphatic rings. The third kappa shape index (κ3) is 9.89. The monoisotopic (exact) mass is 535 g/mol. The molecule has 0 unspecified atom stereocenters. The number of carbonyl (C=O) groups is 3. The second-order valence-electron chi connectivity index (χ2n) is 10.6. The lowest BCUT2D eigenvalue weighted by atomic mass is 9.87. The Morgan fingerprint density at radius 1 is 0.846 bits per heavy atom. The van der Waals surface area contributed by atoms with Crippen LogP contribution in [0, 0.1) is 11.8 Å². The minimum absolute atomic E-state index is 0.0289. The highest BCUT2D eigenvalue weighted by molar-refractivity contribution is 5.83. The zero-order chi connectivity index (χ0) is 28.2. The standard InChI is InChI=1S/C32H41NO6/c1-22(2)19-25-15-17-28(18-16-25)23(3)30(34)39-24(4)29(31(35)37-20-26-11-7-5-8-12-26)33-32(36)38-21-27-13-9-6-10-14-27/h5-9,11-13,15,17,22-24,29H,10,14,16,18-21H2,1-4H3,(H,33,36)/t23-,24+,29-/m0/s1. The lowest BCUT2D eigenvalue weighted by Crippen LogP contribution is -2.50. The Labute approximate surface area is 232 Å². The van der Waals surface area contributed by atoms with Crippen LogP contribution in [0.15, 0.2) is 77.4 Å². The third-order valence-corrected chi connectivity index (χ3v) is 6.86. The van der Waals surface area contributed by atoms with Crippen LogP contribution >= 0.6 is 0 Å². The molecule has 0 aliphatic heterocycles. The highest BCUT2D eigenvalue weighted by Crippen LogP contribution is 2.28. The van der Waals surface area contributed by atoms with Gasteiger partial charge in [0.1, 0.15) is 19.3 Å². The fourth-order valence-electron chi connectivity index (χ4n) is 4.54. The average Bonchev–Trinajstić information content (AvgIpc) is 2.94. The highest BCUT2D eigenvalue weighted by atomic mass is 16.6. The van der Waals surface area contributed by atoms with Crippen molar-refractivity contribution >= 4 is 18.0 Å². The van der Waals surface area contributed by atoms with Crippen molar-refractivity contribution in [3.8, 4) is 0 Å². The van der Waals surface area contributed by atoms with Gasteiger partial charge in [0.05, 0.1) is 5.92 Å². The average molecular weight is 536 g/mol. The van der Waals surface area contributed by atoms with Gasteiger partial charge >= 0.3 is 18.0 Å². The van der Waals surface area contributed by atoms with E-state index in [1.165, 1.54) is 5.57 Å². The summed E-state index contributed by atoms with van der Waals surface area (Å²) in [5, 5.41) is 2.56. The molecule has 1 aromatic rings. The summed E-state index contributed by atoms with van der Waals surface area (Å²) in [6.07, 6.45) is 12.7. The lowest BCUT2D eigenvalue weighted by Gasteiger charge is -2.26. The number of carbonyl (C=O) groups excluding carboxylic acids is 3. The largest absolute Gasteiger partial charge is 0.459 e. The number of hydrogen-bond donors (Lipinski definition) is 1. The van der Waals surface area contributed by atoms with Crippen molar-refractivity contribution in [1.82, 2.24) is 5.32 Å². The molecule has 1 N–H and O–H groups in total. The summed E-state index contributed by atoms with van der Waals surface area (Å²) in [6, 6.07) is 8.00. The van der Waals surface area contributed by atoms with Crippen molar-refractivity contribution in [2.75, 3.05) is 6.61 Å². The van der Waals surface area contributed by atoms with Gasteiger partial charge in [0.25, 0.3) is 0 Å². The molecule has 3 rings (SSSR count). The summed E-state index contributed by atoms with van der Waals surface area (Å²) in [4.78, 5) is 38.7. The maximum absolute atomic E-state index is 13.1. The number of hydrogen-bond acceptors (Lipinski definition) is 6. The molecule has 0 aromatic heterocycles. The van der Waals surface area contributed by atoms with Gasteiger partial charge in [0.15, 0.2) is 6.04 Å². The number of benzene rings is 1. The van der Waals surface area contributed by atoms with Gasteiger partial charge in [0.2, 0.25) is 0 Å². The van der Waals surface area contributed by atoms with Gasteiger partial charge in [-0.15, -0.1) is 0 Å². The molecular weight excluding hydrogens is 494 g/mol. The van der Waals surface area contributed by atoms with Crippen LogP contribution in [-0.2, 0) is 30.4 Å². The quantitative estimate of drug-likeness (QED) is 0.247. The first-order valence-electron chi connectivity index (χ1n) is 13.8. The van der Waals surface area contributed by atoms with E-state index < -0.39 is 36.1 Å². The smallest absolute Gasteiger partial charge is 0.408 e. The summed E-state index contributed by atoms with van der Waals surface area (Å²) in [7, 11) is 0. The number of rotatable bonds is 12. The van der Waals surface area contributed by atoms with E-state index in [0.29, 0.717) is 5.92 Å². The van der Waals surface area contributed by atoms with Gasteiger partial charge in [-0.2, -0.15) is 0 Å². The summed E-state index contributed by atoms with van der Waals surface area (Å²) in [6.45, 7) is 7.91. The SMILES string of the molecule is CC(C)CC1=CC=C([C@H](C)C(=O)O[C@H](C)[C@H](NC(=O)OCC2=CC=CCC2)C(=O)OCc2ccccc2)CC1. The number of amides is 1. The second kappa shape index (κ2) is 15.1. The van der Waals surface area contributed by atoms with E-state index in [-0.39, 0.29) is 13.2 Å². The molecule has 1 aromatic carbocycles. The van der Waals surface area contributed by atoms with Gasteiger partial charge in [-0.25, -0.2) is 9.59 Å². The number of allylic oxidation sites excluding steroid dienone is 6. The summed E-state index contributed by atoms with van der Waals surface area (Å²) in [5.41, 5.74) is 4.16. The van der Waals surface area contributed by atoms with Crippen LogP contribution < -0.4 is 5.32 Å². The predicted octanol–water partition coefficient (Wildman–Crippen LogP) is 6.36. The van der Waals surface area contributed by atoms with Crippen LogP contribution in [0.3, 0.4) is 0 Å². The van der Waals surface area contributed by atoms with Crippen molar-refractivity contribution in [2.24, 2.45) is 11.8 Å². The first-order valence-corrected chi connectivity index (χ1v) is 13.8. The Balaban J connectivity index is 1.63. The summed E-state index contributed by atoms with van der Waals surface area (Å²) < 4.78 is 16.5. The van der Waals surface area contributed by atoms with Crippen molar-refractivity contribution in [2.45, 2.75) is 78.6 Å². The summed E-state index contributed by atoms with van der Waals surface area (Å²) in [5.74, 6) is -1.04. The predicted molar refractivity (Wildman–Crippen MR) is 151 cm³/mol. The number of esters is 2. The Morgan fingerprint density at radius 3 is 2.26 bits per heavy atom. The van der Waals surface area contributed by atoms with Crippen LogP contribution in [0.25, 0.3) is 0 Å². The number of alkyl carbamates (subject to hydrolysis) is 1. The highest BCUT2D eigenvalue weighted by Gasteiger charge is 2.33. The Morgan fingerprint density at radius 2 is 1.62 bits per heavy atom. The molecule has 7 heteroatoms. The minimum Gasteiger partial charge on any atom is -0.459 e. The zero-order valence-electron chi connectivity index (χ0n) is 23.5. The van der Waals surface area contributed by atoms with E-state index in [1.807, 2.05) is 54.6 Å². The summed E-state index contributed by atoms with van der Waals surface area (Å²) >= 11 is 0. The fourth-order valence-corrected chi connectivity index (χ4v) is 4.54. The first kappa shape index (κ1) is 29.9. The molecule has 2 aliphatic carbocycles. The van der Waals surface area contributed by atoms with Crippen LogP contribution in [-0.4, -0.2) is 36.8 Å². The van der Waals surface area contributed by atoms with E-state index in [2.05, 4.69) is 25.2 Å². The van der Waals surface area contributed by atoms with Crippen LogP contribution in [0.2, 0.25) is 0 Å². The van der Waals surface area contributed by atoms with E-state index in [0.717, 1.165) is 48.8 Å². The van der Waals surface area contributed by atoms with Crippen molar-refractivity contribution in [3.05, 3.63) is 83.0 Å². The Kier molecular flexibility index (Phi) is 11.6. The molecule has 0 spiro atoms. The molecular formula is C32H41NO6. The van der Waals surface area contributed by atoms with E-state index in [4.69, 9.17) is 14.2 Å². The first-order chi connectivity index (χ1) is 18.7. The maximum atomic E-state index is 13.1. The van der Waals surface area contributed by atoms with Gasteiger partial charge in [-0.1, -0.05) is 85.7 Å². The molecule has 210 valence electrons. The van der Waals surface area contributed by atoms with Crippen LogP contribution in [0.4, 0.5) is 4.79 Å². The van der Waals surface area contributed by atoms with Crippen molar-refractivity contribution < 1.29 is 28.6 Å². The Bertz CT molecular complexity index is 1110. The van der Waals surface area contributed by atoms with E-state index in [9.17, 15) is 14.4 Å². The molecule has 0 fully saturated rings. The van der Waals surface area contributed by atoms with Gasteiger partial charge < -0.3 is 19.5 Å². The van der Waals surface area contributed by atoms with E-state index >= 15 is 0 Å². The van der Waals surface area contributed by atoms with Crippen LogP contribution in [0.1, 0.15) is 65.4 Å². The molecule has 1 amide bonds. The molecule has 39 heavy (non-hydrogen) atoms. The minimum atomic E-state index is -1.23.